The van der Waals surface area contributed by atoms with Gasteiger partial charge in [0, 0.05) is 49.1 Å². The first-order valence-corrected chi connectivity index (χ1v) is 15.0. The van der Waals surface area contributed by atoms with E-state index in [0.29, 0.717) is 43.6 Å². The molecule has 0 unspecified atom stereocenters. The summed E-state index contributed by atoms with van der Waals surface area (Å²) in [7, 11) is 0. The first kappa shape index (κ1) is 28.7. The number of hydrogen-bond donors (Lipinski definition) is 3. The third kappa shape index (κ3) is 5.82. The summed E-state index contributed by atoms with van der Waals surface area (Å²) in [4.78, 5) is 38.0. The van der Waals surface area contributed by atoms with Gasteiger partial charge in [-0.2, -0.15) is 10.4 Å². The van der Waals surface area contributed by atoms with Crippen molar-refractivity contribution < 1.29 is 4.79 Å². The highest BCUT2D eigenvalue weighted by Gasteiger charge is 2.35. The SMILES string of the molecule is CC(C)(C)CN1Cc2c(cc(Cl)c3[nH]ncc23)C[C@@H](N/C(=N/C#N)N2CCC(c3cc4ccccc4[nH]c3=O)CC2)C1=O. The summed E-state index contributed by atoms with van der Waals surface area (Å²) < 4.78 is 0. The van der Waals surface area contributed by atoms with Crippen LogP contribution in [0.25, 0.3) is 21.8 Å². The van der Waals surface area contributed by atoms with Crippen molar-refractivity contribution in [1.29, 1.82) is 5.26 Å². The Balaban J connectivity index is 1.25. The number of carbonyl (C=O) groups is 1. The molecule has 0 bridgehead atoms. The number of carbonyl (C=O) groups excluding carboxylic acids is 1. The molecule has 2 aliphatic rings. The van der Waals surface area contributed by atoms with Gasteiger partial charge >= 0.3 is 0 Å². The number of pyridine rings is 1. The topological polar surface area (TPSA) is 133 Å². The largest absolute Gasteiger partial charge is 0.343 e. The van der Waals surface area contributed by atoms with Gasteiger partial charge in [0.2, 0.25) is 18.1 Å². The highest BCUT2D eigenvalue weighted by atomic mass is 35.5. The maximum absolute atomic E-state index is 14.1. The molecule has 43 heavy (non-hydrogen) atoms. The number of benzene rings is 2. The van der Waals surface area contributed by atoms with Crippen molar-refractivity contribution in [2.45, 2.75) is 58.5 Å². The van der Waals surface area contributed by atoms with Gasteiger partial charge in [0.15, 0.2) is 0 Å². The number of aromatic nitrogens is 3. The van der Waals surface area contributed by atoms with E-state index in [1.165, 1.54) is 0 Å². The number of para-hydroxylation sites is 1. The number of amides is 1. The standard InChI is InChI=1S/C32H35ClN8O2/c1-32(2,3)17-41-16-24-21(13-25(33)28-23(24)15-36-39-28)14-27(30(41)43)38-31(35-18-34)40-10-8-19(9-11-40)22-12-20-6-4-5-7-26(20)37-29(22)42/h4-7,12-13,15,19,27H,8-11,14,16-17H2,1-3H3,(H,35,38)(H,36,39)(H,37,42)/t27-/m1/s1. The van der Waals surface area contributed by atoms with E-state index >= 15 is 0 Å². The van der Waals surface area contributed by atoms with Crippen LogP contribution in [0.1, 0.15) is 56.2 Å². The Morgan fingerprint density at radius 3 is 2.72 bits per heavy atom. The lowest BCUT2D eigenvalue weighted by Crippen LogP contribution is -2.54. The van der Waals surface area contributed by atoms with E-state index in [2.05, 4.69) is 46.3 Å². The molecule has 0 radical (unpaired) electrons. The molecule has 2 aliphatic heterocycles. The third-order valence-electron chi connectivity index (χ3n) is 8.42. The van der Waals surface area contributed by atoms with Crippen molar-refractivity contribution >= 4 is 45.3 Å². The average Bonchev–Trinajstić information content (AvgIpc) is 3.43. The molecule has 1 amide bonds. The van der Waals surface area contributed by atoms with E-state index in [-0.39, 0.29) is 22.8 Å². The molecule has 0 saturated carbocycles. The van der Waals surface area contributed by atoms with Crippen LogP contribution in [0.15, 0.2) is 52.4 Å². The number of hydrogen-bond acceptors (Lipinski definition) is 5. The molecule has 3 N–H and O–H groups in total. The summed E-state index contributed by atoms with van der Waals surface area (Å²) in [6.45, 7) is 8.50. The number of fused-ring (bicyclic) bond motifs is 4. The number of rotatable bonds is 3. The lowest BCUT2D eigenvalue weighted by atomic mass is 9.89. The molecule has 1 saturated heterocycles. The van der Waals surface area contributed by atoms with Crippen molar-refractivity contribution in [2.75, 3.05) is 19.6 Å². The molecule has 0 spiro atoms. The van der Waals surface area contributed by atoms with E-state index in [9.17, 15) is 14.9 Å². The molecular formula is C32H35ClN8O2. The highest BCUT2D eigenvalue weighted by Crippen LogP contribution is 2.33. The van der Waals surface area contributed by atoms with Gasteiger partial charge in [-0.1, -0.05) is 50.6 Å². The molecule has 4 aromatic rings. The normalized spacial score (nSPS) is 18.5. The molecule has 2 aromatic heterocycles. The minimum atomic E-state index is -0.642. The van der Waals surface area contributed by atoms with Gasteiger partial charge in [0.05, 0.1) is 16.7 Å². The fourth-order valence-corrected chi connectivity index (χ4v) is 6.71. The summed E-state index contributed by atoms with van der Waals surface area (Å²) in [6.07, 6.45) is 5.53. The van der Waals surface area contributed by atoms with Crippen LogP contribution in [0.5, 0.6) is 0 Å². The number of guanidine groups is 1. The Labute approximate surface area is 254 Å². The number of nitrogens with one attached hydrogen (secondary N) is 3. The van der Waals surface area contributed by atoms with E-state index in [0.717, 1.165) is 51.3 Å². The molecule has 10 nitrogen and oxygen atoms in total. The first-order valence-electron chi connectivity index (χ1n) is 14.6. The molecule has 222 valence electrons. The minimum absolute atomic E-state index is 0.0536. The molecule has 1 atom stereocenters. The fourth-order valence-electron chi connectivity index (χ4n) is 6.43. The second kappa shape index (κ2) is 11.4. The van der Waals surface area contributed by atoms with Gasteiger partial charge in [-0.3, -0.25) is 14.7 Å². The van der Waals surface area contributed by atoms with Crippen LogP contribution in [-0.4, -0.2) is 62.5 Å². The summed E-state index contributed by atoms with van der Waals surface area (Å²) >= 11 is 6.61. The Morgan fingerprint density at radius 1 is 1.21 bits per heavy atom. The molecule has 2 aromatic carbocycles. The van der Waals surface area contributed by atoms with Crippen LogP contribution >= 0.6 is 11.6 Å². The summed E-state index contributed by atoms with van der Waals surface area (Å²) in [5, 5.41) is 22.6. The van der Waals surface area contributed by atoms with Gasteiger partial charge in [-0.15, -0.1) is 4.99 Å². The molecule has 4 heterocycles. The average molecular weight is 599 g/mol. The number of aromatic amines is 2. The maximum atomic E-state index is 14.1. The number of piperidine rings is 1. The molecule has 6 rings (SSSR count). The number of halogens is 1. The van der Waals surface area contributed by atoms with Gasteiger partial charge < -0.3 is 20.1 Å². The summed E-state index contributed by atoms with van der Waals surface area (Å²) in [5.74, 6) is 0.407. The van der Waals surface area contributed by atoms with Crippen LogP contribution in [0.3, 0.4) is 0 Å². The Bertz CT molecular complexity index is 1820. The zero-order valence-corrected chi connectivity index (χ0v) is 25.3. The van der Waals surface area contributed by atoms with Crippen molar-refractivity contribution in [3.8, 4) is 6.19 Å². The molecule has 1 fully saturated rings. The van der Waals surface area contributed by atoms with Crippen molar-refractivity contribution in [3.05, 3.63) is 74.7 Å². The predicted molar refractivity (Wildman–Crippen MR) is 168 cm³/mol. The van der Waals surface area contributed by atoms with Crippen LogP contribution in [-0.2, 0) is 17.8 Å². The van der Waals surface area contributed by atoms with E-state index in [1.807, 2.05) is 52.4 Å². The van der Waals surface area contributed by atoms with Crippen LogP contribution in [0, 0.1) is 16.9 Å². The van der Waals surface area contributed by atoms with Crippen LogP contribution in [0.4, 0.5) is 0 Å². The highest BCUT2D eigenvalue weighted by molar-refractivity contribution is 6.35. The number of likely N-dealkylation sites (tertiary alicyclic amines) is 1. The second-order valence-corrected chi connectivity index (χ2v) is 13.2. The third-order valence-corrected chi connectivity index (χ3v) is 8.71. The zero-order valence-electron chi connectivity index (χ0n) is 24.6. The van der Waals surface area contributed by atoms with E-state index in [1.54, 1.807) is 6.20 Å². The van der Waals surface area contributed by atoms with E-state index < -0.39 is 6.04 Å². The van der Waals surface area contributed by atoms with Crippen molar-refractivity contribution in [1.82, 2.24) is 30.3 Å². The lowest BCUT2D eigenvalue weighted by molar-refractivity contribution is -0.134. The zero-order chi connectivity index (χ0) is 30.3. The molecular weight excluding hydrogens is 564 g/mol. The lowest BCUT2D eigenvalue weighted by Gasteiger charge is -2.36. The second-order valence-electron chi connectivity index (χ2n) is 12.7. The molecule has 0 aliphatic carbocycles. The Hall–Kier alpha value is -4.36. The van der Waals surface area contributed by atoms with E-state index in [4.69, 9.17) is 11.6 Å². The number of nitrogens with zero attached hydrogens (tertiary/aromatic N) is 5. The minimum Gasteiger partial charge on any atom is -0.343 e. The monoisotopic (exact) mass is 598 g/mol. The number of aliphatic imine (C=N–C) groups is 1. The molecule has 11 heteroatoms. The van der Waals surface area contributed by atoms with Gasteiger partial charge in [-0.25, -0.2) is 0 Å². The van der Waals surface area contributed by atoms with Gasteiger partial charge in [0.1, 0.15) is 6.04 Å². The summed E-state index contributed by atoms with van der Waals surface area (Å²) in [5.41, 5.74) is 4.16. The summed E-state index contributed by atoms with van der Waals surface area (Å²) in [6, 6.07) is 11.0. The first-order chi connectivity index (χ1) is 20.6. The van der Waals surface area contributed by atoms with Crippen LogP contribution < -0.4 is 10.9 Å². The number of nitriles is 1. The maximum Gasteiger partial charge on any atom is 0.251 e. The fraction of sp³-hybridized carbons (Fsp3) is 0.406. The Kier molecular flexibility index (Phi) is 7.61. The van der Waals surface area contributed by atoms with Crippen molar-refractivity contribution in [2.24, 2.45) is 10.4 Å². The smallest absolute Gasteiger partial charge is 0.251 e. The Morgan fingerprint density at radius 2 is 1.98 bits per heavy atom. The van der Waals surface area contributed by atoms with Gasteiger partial charge in [-0.05, 0) is 58.9 Å². The predicted octanol–water partition coefficient (Wildman–Crippen LogP) is 4.66. The van der Waals surface area contributed by atoms with Crippen molar-refractivity contribution in [3.63, 3.8) is 0 Å². The quantitative estimate of drug-likeness (QED) is 0.178. The van der Waals surface area contributed by atoms with Crippen LogP contribution in [0.2, 0.25) is 5.02 Å². The number of H-pyrrole nitrogens is 2. The van der Waals surface area contributed by atoms with Gasteiger partial charge in [0.25, 0.3) is 5.56 Å².